The Kier molecular flexibility index (Phi) is 43.3. The highest BCUT2D eigenvalue weighted by Gasteiger charge is 2.25. The highest BCUT2D eigenvalue weighted by Crippen LogP contribution is 2.16. The smallest absolute Gasteiger partial charge is 0.306 e. The van der Waals surface area contributed by atoms with Gasteiger partial charge in [0.25, 0.3) is 0 Å². The fraction of sp³-hybridized carbons (Fsp3) is 0.833. The van der Waals surface area contributed by atoms with Gasteiger partial charge in [-0.2, -0.15) is 0 Å². The molecule has 0 aliphatic rings. The van der Waals surface area contributed by atoms with Gasteiger partial charge in [0.2, 0.25) is 0 Å². The van der Waals surface area contributed by atoms with Gasteiger partial charge in [0.15, 0.2) is 6.10 Å². The monoisotopic (exact) mass is 874 g/mol. The maximum atomic E-state index is 12.8. The third-order valence-electron chi connectivity index (χ3n) is 11.8. The van der Waals surface area contributed by atoms with Gasteiger partial charge in [-0.3, -0.25) is 9.59 Å². The fourth-order valence-corrected chi connectivity index (χ4v) is 7.73. The van der Waals surface area contributed by atoms with E-state index in [0.29, 0.717) is 12.8 Å². The van der Waals surface area contributed by atoms with Crippen LogP contribution in [0.4, 0.5) is 0 Å². The highest BCUT2D eigenvalue weighted by atomic mass is 16.6. The van der Waals surface area contributed by atoms with Crippen LogP contribution in [0.5, 0.6) is 0 Å². The number of likely N-dealkylation sites (N-methyl/N-ethyl adjacent to an activating group) is 1. The molecule has 362 valence electrons. The maximum Gasteiger partial charge on any atom is 0.306 e. The number of hydrogen-bond donors (Lipinski definition) is 0. The molecule has 0 spiro atoms. The summed E-state index contributed by atoms with van der Waals surface area (Å²) in [7, 11) is 5.42. The number of ether oxygens (including phenoxy) is 3. The Morgan fingerprint density at radius 1 is 0.484 bits per heavy atom. The van der Waals surface area contributed by atoms with Crippen molar-refractivity contribution in [3.8, 4) is 0 Å². The number of esters is 2. The van der Waals surface area contributed by atoms with Gasteiger partial charge >= 0.3 is 11.9 Å². The Morgan fingerprint density at radius 2 is 0.855 bits per heavy atom. The SMILES string of the molecule is CCCCC/C=C\C/C=C\C/C=C\CCCCCCCCC(=O)OC(COCCC(C(=O)[O-])[N+](C)(C)C)COC(=O)CCCCCCCCCCCCCCCCCCCCC. The van der Waals surface area contributed by atoms with E-state index in [2.05, 4.69) is 50.3 Å². The molecular weight excluding hydrogens is 775 g/mol. The topological polar surface area (TPSA) is 102 Å². The quantitative estimate of drug-likeness (QED) is 0.0260. The molecule has 0 N–H and O–H groups in total. The molecule has 0 aromatic heterocycles. The van der Waals surface area contributed by atoms with Gasteiger partial charge in [-0.15, -0.1) is 0 Å². The van der Waals surface area contributed by atoms with Crippen LogP contribution in [-0.4, -0.2) is 75.5 Å². The van der Waals surface area contributed by atoms with E-state index < -0.39 is 18.1 Å². The van der Waals surface area contributed by atoms with Gasteiger partial charge in [0.05, 0.1) is 40.3 Å². The van der Waals surface area contributed by atoms with E-state index in [4.69, 9.17) is 14.2 Å². The number of carboxylic acids is 1. The summed E-state index contributed by atoms with van der Waals surface area (Å²) in [5.74, 6) is -1.74. The maximum absolute atomic E-state index is 12.8. The van der Waals surface area contributed by atoms with Crippen molar-refractivity contribution in [2.24, 2.45) is 0 Å². The Bertz CT molecular complexity index is 1110. The molecule has 0 bridgehead atoms. The molecule has 0 saturated carbocycles. The fourth-order valence-electron chi connectivity index (χ4n) is 7.73. The number of hydrogen-bond acceptors (Lipinski definition) is 7. The van der Waals surface area contributed by atoms with Crippen molar-refractivity contribution >= 4 is 17.9 Å². The first-order chi connectivity index (χ1) is 30.1. The molecule has 8 nitrogen and oxygen atoms in total. The highest BCUT2D eigenvalue weighted by molar-refractivity contribution is 5.70. The molecule has 0 aliphatic carbocycles. The molecule has 2 atom stereocenters. The van der Waals surface area contributed by atoms with Crippen molar-refractivity contribution in [3.63, 3.8) is 0 Å². The number of rotatable bonds is 47. The van der Waals surface area contributed by atoms with Crippen molar-refractivity contribution in [2.75, 3.05) is 41.0 Å². The lowest BCUT2D eigenvalue weighted by atomic mass is 10.0. The van der Waals surface area contributed by atoms with E-state index in [9.17, 15) is 19.5 Å². The number of carboxylic acid groups (broad SMARTS) is 1. The van der Waals surface area contributed by atoms with Gasteiger partial charge in [0, 0.05) is 19.3 Å². The largest absolute Gasteiger partial charge is 0.544 e. The first-order valence-corrected chi connectivity index (χ1v) is 26.0. The normalized spacial score (nSPS) is 13.1. The van der Waals surface area contributed by atoms with Crippen LogP contribution in [-0.2, 0) is 28.6 Å². The van der Waals surface area contributed by atoms with Gasteiger partial charge in [0.1, 0.15) is 12.6 Å². The number of unbranched alkanes of at least 4 members (excludes halogenated alkanes) is 27. The summed E-state index contributed by atoms with van der Waals surface area (Å²) in [6, 6.07) is -0.727. The van der Waals surface area contributed by atoms with Gasteiger partial charge in [-0.25, -0.2) is 0 Å². The molecule has 8 heteroatoms. The average Bonchev–Trinajstić information content (AvgIpc) is 3.23. The van der Waals surface area contributed by atoms with Crippen molar-refractivity contribution in [1.82, 2.24) is 0 Å². The number of quaternary nitrogens is 1. The third kappa shape index (κ3) is 42.8. The molecule has 0 fully saturated rings. The minimum absolute atomic E-state index is 0.0382. The summed E-state index contributed by atoms with van der Waals surface area (Å²) < 4.78 is 17.2. The lowest BCUT2D eigenvalue weighted by molar-refractivity contribution is -0.889. The minimum Gasteiger partial charge on any atom is -0.544 e. The van der Waals surface area contributed by atoms with Crippen LogP contribution in [0.15, 0.2) is 36.5 Å². The van der Waals surface area contributed by atoms with Crippen molar-refractivity contribution < 1.29 is 38.2 Å². The lowest BCUT2D eigenvalue weighted by Gasteiger charge is -2.34. The number of aliphatic carboxylic acids is 1. The molecule has 0 amide bonds. The van der Waals surface area contributed by atoms with E-state index in [-0.39, 0.29) is 42.7 Å². The Balaban J connectivity index is 4.25. The second-order valence-electron chi connectivity index (χ2n) is 18.8. The molecule has 2 unspecified atom stereocenters. The van der Waals surface area contributed by atoms with Crippen LogP contribution in [0.2, 0.25) is 0 Å². The molecular formula is C54H99NO7. The summed E-state index contributed by atoms with van der Waals surface area (Å²) >= 11 is 0. The summed E-state index contributed by atoms with van der Waals surface area (Å²) in [6.07, 6.45) is 53.1. The van der Waals surface area contributed by atoms with Crippen LogP contribution < -0.4 is 5.11 Å². The molecule has 0 heterocycles. The van der Waals surface area contributed by atoms with E-state index in [1.807, 2.05) is 0 Å². The predicted octanol–water partition coefficient (Wildman–Crippen LogP) is 13.6. The standard InChI is InChI=1S/C54H99NO7/c1-6-8-10-12-14-16-18-20-22-24-26-28-30-32-34-36-38-40-42-44-52(56)61-49-50(48-60-47-46-51(54(58)59)55(3,4)5)62-53(57)45-43-41-39-37-35-33-31-29-27-25-23-21-19-17-15-13-11-9-7-2/h15,17,21,23,27,29,50-51H,6-14,16,18-20,22,24-26,28,30-49H2,1-5H3/b17-15-,23-21-,29-27-. The van der Waals surface area contributed by atoms with Gasteiger partial charge < -0.3 is 28.6 Å². The van der Waals surface area contributed by atoms with Crippen LogP contribution >= 0.6 is 0 Å². The van der Waals surface area contributed by atoms with Crippen molar-refractivity contribution in [3.05, 3.63) is 36.5 Å². The predicted molar refractivity (Wildman–Crippen MR) is 259 cm³/mol. The zero-order valence-corrected chi connectivity index (χ0v) is 41.3. The van der Waals surface area contributed by atoms with Crippen molar-refractivity contribution in [1.29, 1.82) is 0 Å². The van der Waals surface area contributed by atoms with E-state index in [0.717, 1.165) is 64.2 Å². The molecule has 0 aromatic carbocycles. The van der Waals surface area contributed by atoms with E-state index in [1.54, 1.807) is 21.1 Å². The summed E-state index contributed by atoms with van der Waals surface area (Å²) in [5.41, 5.74) is 0. The number of allylic oxidation sites excluding steroid dienone is 6. The number of nitrogens with zero attached hydrogens (tertiary/aromatic N) is 1. The number of carbonyl (C=O) groups is 3. The van der Waals surface area contributed by atoms with E-state index in [1.165, 1.54) is 141 Å². The lowest BCUT2D eigenvalue weighted by Crippen LogP contribution is -2.55. The third-order valence-corrected chi connectivity index (χ3v) is 11.8. The Morgan fingerprint density at radius 3 is 1.29 bits per heavy atom. The van der Waals surface area contributed by atoms with E-state index >= 15 is 0 Å². The molecule has 0 aromatic rings. The molecule has 0 saturated heterocycles. The van der Waals surface area contributed by atoms with Gasteiger partial charge in [-0.1, -0.05) is 204 Å². The molecule has 0 radical (unpaired) electrons. The van der Waals surface area contributed by atoms with Crippen LogP contribution in [0, 0.1) is 0 Å². The Labute approximate surface area is 383 Å². The zero-order chi connectivity index (χ0) is 45.6. The number of carbonyl (C=O) groups excluding carboxylic acids is 3. The molecule has 0 aliphatic heterocycles. The van der Waals surface area contributed by atoms with Crippen LogP contribution in [0.25, 0.3) is 0 Å². The molecule has 0 rings (SSSR count). The first-order valence-electron chi connectivity index (χ1n) is 26.0. The Hall–Kier alpha value is -2.45. The first kappa shape index (κ1) is 59.5. The minimum atomic E-state index is -1.12. The second-order valence-corrected chi connectivity index (χ2v) is 18.8. The molecule has 62 heavy (non-hydrogen) atoms. The zero-order valence-electron chi connectivity index (χ0n) is 41.3. The van der Waals surface area contributed by atoms with Gasteiger partial charge in [-0.05, 0) is 51.4 Å². The van der Waals surface area contributed by atoms with Crippen molar-refractivity contribution in [2.45, 2.75) is 251 Å². The summed E-state index contributed by atoms with van der Waals surface area (Å²) in [6.45, 7) is 4.66. The second kappa shape index (κ2) is 45.1. The average molecular weight is 874 g/mol. The summed E-state index contributed by atoms with van der Waals surface area (Å²) in [5, 5.41) is 11.7. The van der Waals surface area contributed by atoms with Crippen LogP contribution in [0.3, 0.4) is 0 Å². The summed E-state index contributed by atoms with van der Waals surface area (Å²) in [4.78, 5) is 37.0. The van der Waals surface area contributed by atoms with Crippen LogP contribution in [0.1, 0.15) is 239 Å².